The number of rotatable bonds is 2. The minimum atomic E-state index is 1.04. The Hall–Kier alpha value is -1.41. The second-order valence-electron chi connectivity index (χ2n) is 3.54. The molecule has 0 spiro atoms. The van der Waals surface area contributed by atoms with Crippen LogP contribution in [0.25, 0.3) is 12.2 Å². The molecule has 0 fully saturated rings. The van der Waals surface area contributed by atoms with Crippen LogP contribution in [0.1, 0.15) is 21.8 Å². The Morgan fingerprint density at radius 2 is 1.80 bits per heavy atom. The molecular weight excluding hydrogens is 202 g/mol. The Bertz CT molecular complexity index is 466. The molecule has 2 heteroatoms. The van der Waals surface area contributed by atoms with Crippen LogP contribution < -0.4 is 0 Å². The fraction of sp³-hybridized carbons (Fsp3) is 0.154. The summed E-state index contributed by atoms with van der Waals surface area (Å²) in [4.78, 5) is 4.38. The fourth-order valence-corrected chi connectivity index (χ4v) is 1.90. The van der Waals surface area contributed by atoms with E-state index in [1.54, 1.807) is 11.3 Å². The van der Waals surface area contributed by atoms with Crippen molar-refractivity contribution in [2.45, 2.75) is 13.8 Å². The van der Waals surface area contributed by atoms with Crippen molar-refractivity contribution in [1.82, 2.24) is 4.98 Å². The second-order valence-corrected chi connectivity index (χ2v) is 4.60. The van der Waals surface area contributed by atoms with E-state index in [0.717, 1.165) is 10.7 Å². The van der Waals surface area contributed by atoms with Crippen molar-refractivity contribution in [3.63, 3.8) is 0 Å². The monoisotopic (exact) mass is 215 g/mol. The van der Waals surface area contributed by atoms with Gasteiger partial charge in [-0.05, 0) is 25.5 Å². The van der Waals surface area contributed by atoms with Gasteiger partial charge in [0.05, 0.1) is 10.7 Å². The largest absolute Gasteiger partial charge is 0.242 e. The molecule has 2 rings (SSSR count). The Morgan fingerprint density at radius 1 is 1.07 bits per heavy atom. The van der Waals surface area contributed by atoms with Crippen LogP contribution in [0.3, 0.4) is 0 Å². The quantitative estimate of drug-likeness (QED) is 0.739. The van der Waals surface area contributed by atoms with Crippen molar-refractivity contribution < 1.29 is 0 Å². The van der Waals surface area contributed by atoms with Crippen LogP contribution in [0, 0.1) is 13.8 Å². The van der Waals surface area contributed by atoms with Crippen molar-refractivity contribution in [1.29, 1.82) is 0 Å². The molecule has 0 saturated heterocycles. The summed E-state index contributed by atoms with van der Waals surface area (Å²) in [5.41, 5.74) is 3.54. The number of benzene rings is 1. The van der Waals surface area contributed by atoms with E-state index in [-0.39, 0.29) is 0 Å². The van der Waals surface area contributed by atoms with Gasteiger partial charge in [0.25, 0.3) is 0 Å². The molecule has 1 nitrogen and oxygen atoms in total. The Balaban J connectivity index is 2.14. The van der Waals surface area contributed by atoms with Gasteiger partial charge in [-0.3, -0.25) is 0 Å². The van der Waals surface area contributed by atoms with Crippen LogP contribution in [0.5, 0.6) is 0 Å². The number of hydrogen-bond acceptors (Lipinski definition) is 2. The molecule has 0 atom stereocenters. The first-order valence-electron chi connectivity index (χ1n) is 4.91. The molecule has 0 saturated carbocycles. The predicted octanol–water partition coefficient (Wildman–Crippen LogP) is 3.93. The van der Waals surface area contributed by atoms with Gasteiger partial charge in [-0.2, -0.15) is 0 Å². The minimum Gasteiger partial charge on any atom is -0.242 e. The van der Waals surface area contributed by atoms with Gasteiger partial charge in [0, 0.05) is 5.38 Å². The summed E-state index contributed by atoms with van der Waals surface area (Å²) >= 11 is 1.68. The van der Waals surface area contributed by atoms with Crippen molar-refractivity contribution in [3.05, 3.63) is 51.5 Å². The Morgan fingerprint density at radius 3 is 2.40 bits per heavy atom. The van der Waals surface area contributed by atoms with Gasteiger partial charge in [0.2, 0.25) is 0 Å². The molecule has 1 heterocycles. The maximum absolute atomic E-state index is 4.38. The summed E-state index contributed by atoms with van der Waals surface area (Å²) in [5.74, 6) is 0. The van der Waals surface area contributed by atoms with E-state index in [4.69, 9.17) is 0 Å². The van der Waals surface area contributed by atoms with Gasteiger partial charge >= 0.3 is 0 Å². The number of aryl methyl sites for hydroxylation is 2. The van der Waals surface area contributed by atoms with E-state index in [2.05, 4.69) is 47.6 Å². The standard InChI is InChI=1S/C13H13NS/c1-10-3-5-12(6-4-10)7-8-13-9-15-11(2)14-13/h3-9H,1-2H3. The van der Waals surface area contributed by atoms with Gasteiger partial charge in [-0.25, -0.2) is 4.98 Å². The van der Waals surface area contributed by atoms with E-state index in [0.29, 0.717) is 0 Å². The normalized spacial score (nSPS) is 11.1. The Kier molecular flexibility index (Phi) is 2.97. The van der Waals surface area contributed by atoms with Gasteiger partial charge in [0.15, 0.2) is 0 Å². The molecule has 15 heavy (non-hydrogen) atoms. The first-order chi connectivity index (χ1) is 7.24. The molecular formula is C13H13NS. The highest BCUT2D eigenvalue weighted by Crippen LogP contribution is 2.12. The van der Waals surface area contributed by atoms with Crippen LogP contribution in [0.15, 0.2) is 29.6 Å². The molecule has 0 aliphatic heterocycles. The number of hydrogen-bond donors (Lipinski definition) is 0. The van der Waals surface area contributed by atoms with Crippen molar-refractivity contribution in [2.24, 2.45) is 0 Å². The van der Waals surface area contributed by atoms with Crippen LogP contribution in [-0.4, -0.2) is 4.98 Å². The summed E-state index contributed by atoms with van der Waals surface area (Å²) in [7, 11) is 0. The molecule has 0 aliphatic rings. The van der Waals surface area contributed by atoms with Crippen molar-refractivity contribution in [3.8, 4) is 0 Å². The van der Waals surface area contributed by atoms with Gasteiger partial charge in [0.1, 0.15) is 0 Å². The van der Waals surface area contributed by atoms with Crippen LogP contribution in [-0.2, 0) is 0 Å². The number of nitrogens with zero attached hydrogens (tertiary/aromatic N) is 1. The van der Waals surface area contributed by atoms with Crippen molar-refractivity contribution in [2.75, 3.05) is 0 Å². The molecule has 0 aliphatic carbocycles. The van der Waals surface area contributed by atoms with Crippen molar-refractivity contribution >= 4 is 23.5 Å². The molecule has 0 N–H and O–H groups in total. The Labute approximate surface area is 94.1 Å². The SMILES string of the molecule is Cc1ccc(C=Cc2csc(C)n2)cc1. The first kappa shape index (κ1) is 10.1. The molecule has 1 aromatic carbocycles. The average molecular weight is 215 g/mol. The van der Waals surface area contributed by atoms with E-state index in [9.17, 15) is 0 Å². The zero-order valence-electron chi connectivity index (χ0n) is 8.90. The molecule has 0 amide bonds. The highest BCUT2D eigenvalue weighted by molar-refractivity contribution is 7.09. The number of aromatic nitrogens is 1. The van der Waals surface area contributed by atoms with Crippen LogP contribution in [0.2, 0.25) is 0 Å². The van der Waals surface area contributed by atoms with Crippen LogP contribution in [0.4, 0.5) is 0 Å². The van der Waals surface area contributed by atoms with Gasteiger partial charge in [-0.15, -0.1) is 11.3 Å². The lowest BCUT2D eigenvalue weighted by Crippen LogP contribution is -1.74. The van der Waals surface area contributed by atoms with E-state index in [1.807, 2.05) is 13.0 Å². The van der Waals surface area contributed by atoms with E-state index < -0.39 is 0 Å². The third kappa shape index (κ3) is 2.77. The highest BCUT2D eigenvalue weighted by Gasteiger charge is 1.92. The lowest BCUT2D eigenvalue weighted by atomic mass is 10.1. The van der Waals surface area contributed by atoms with Crippen LogP contribution >= 0.6 is 11.3 Å². The zero-order valence-corrected chi connectivity index (χ0v) is 9.71. The smallest absolute Gasteiger partial charge is 0.0901 e. The summed E-state index contributed by atoms with van der Waals surface area (Å²) in [5, 5.41) is 3.18. The molecule has 2 aromatic rings. The molecule has 1 aromatic heterocycles. The van der Waals surface area contributed by atoms with E-state index >= 15 is 0 Å². The summed E-state index contributed by atoms with van der Waals surface area (Å²) in [6.45, 7) is 4.12. The third-order valence-corrected chi connectivity index (χ3v) is 2.95. The lowest BCUT2D eigenvalue weighted by molar-refractivity contribution is 1.28. The molecule has 0 bridgehead atoms. The first-order valence-corrected chi connectivity index (χ1v) is 5.79. The molecule has 0 unspecified atom stereocenters. The zero-order chi connectivity index (χ0) is 10.7. The molecule has 76 valence electrons. The van der Waals surface area contributed by atoms with Gasteiger partial charge < -0.3 is 0 Å². The lowest BCUT2D eigenvalue weighted by Gasteiger charge is -1.93. The summed E-state index contributed by atoms with van der Waals surface area (Å²) in [6, 6.07) is 8.47. The molecule has 0 radical (unpaired) electrons. The minimum absolute atomic E-state index is 1.04. The second kappa shape index (κ2) is 4.41. The predicted molar refractivity (Wildman–Crippen MR) is 67.0 cm³/mol. The van der Waals surface area contributed by atoms with E-state index in [1.165, 1.54) is 11.1 Å². The van der Waals surface area contributed by atoms with Gasteiger partial charge in [-0.1, -0.05) is 35.9 Å². The fourth-order valence-electron chi connectivity index (χ4n) is 1.32. The maximum atomic E-state index is 4.38. The third-order valence-electron chi connectivity index (χ3n) is 2.16. The summed E-state index contributed by atoms with van der Waals surface area (Å²) < 4.78 is 0. The topological polar surface area (TPSA) is 12.9 Å². The summed E-state index contributed by atoms with van der Waals surface area (Å²) in [6.07, 6.45) is 4.14. The maximum Gasteiger partial charge on any atom is 0.0901 e. The number of thiazole rings is 1. The average Bonchev–Trinajstić information content (AvgIpc) is 2.64. The highest BCUT2D eigenvalue weighted by atomic mass is 32.1.